The van der Waals surface area contributed by atoms with Crippen LogP contribution in [0.5, 0.6) is 0 Å². The van der Waals surface area contributed by atoms with E-state index in [1.807, 2.05) is 20.8 Å². The Morgan fingerprint density at radius 3 is 2.25 bits per heavy atom. The molecule has 1 aliphatic rings. The molecular weight excluding hydrogens is 204 g/mol. The molecule has 0 unspecified atom stereocenters. The summed E-state index contributed by atoms with van der Waals surface area (Å²) in [5, 5.41) is 8.72. The van der Waals surface area contributed by atoms with Gasteiger partial charge < -0.3 is 9.64 Å². The monoisotopic (exact) mass is 226 g/mol. The van der Waals surface area contributed by atoms with Crippen LogP contribution in [0.3, 0.4) is 0 Å². The Morgan fingerprint density at radius 1 is 1.38 bits per heavy atom. The minimum Gasteiger partial charge on any atom is -0.444 e. The molecule has 0 aromatic carbocycles. The van der Waals surface area contributed by atoms with Crippen molar-refractivity contribution < 1.29 is 9.53 Å². The number of nitrogens with zero attached hydrogens (tertiary/aromatic N) is 2. The molecule has 1 aliphatic heterocycles. The number of carbonyl (C=O) groups excluding carboxylic acids is 1. The molecule has 1 rings (SSSR count). The Bertz CT molecular complexity index is 268. The number of carbonyl (C=O) groups is 1. The van der Waals surface area contributed by atoms with E-state index in [4.69, 9.17) is 10.00 Å². The van der Waals surface area contributed by atoms with Crippen molar-refractivity contribution in [2.24, 2.45) is 5.92 Å². The minimum absolute atomic E-state index is 0. The van der Waals surface area contributed by atoms with Crippen LogP contribution in [0.2, 0.25) is 0 Å². The van der Waals surface area contributed by atoms with E-state index in [0.29, 0.717) is 13.1 Å². The van der Waals surface area contributed by atoms with Crippen LogP contribution < -0.4 is 0 Å². The average Bonchev–Trinajstić information content (AvgIpc) is 2.15. The number of piperidine rings is 1. The SMILES string of the molecule is C.CC(C)(C)OC(=O)N1CCC(C#N)CC1. The van der Waals surface area contributed by atoms with E-state index >= 15 is 0 Å². The van der Waals surface area contributed by atoms with Crippen LogP contribution in [0.1, 0.15) is 41.0 Å². The largest absolute Gasteiger partial charge is 0.444 e. The van der Waals surface area contributed by atoms with Gasteiger partial charge in [0.15, 0.2) is 0 Å². The molecule has 0 spiro atoms. The van der Waals surface area contributed by atoms with Crippen molar-refractivity contribution in [3.8, 4) is 6.07 Å². The fourth-order valence-electron chi connectivity index (χ4n) is 1.52. The van der Waals surface area contributed by atoms with Gasteiger partial charge in [0.1, 0.15) is 5.60 Å². The molecular formula is C12H22N2O2. The average molecular weight is 226 g/mol. The molecule has 0 saturated carbocycles. The fourth-order valence-corrected chi connectivity index (χ4v) is 1.52. The molecule has 0 radical (unpaired) electrons. The van der Waals surface area contributed by atoms with Gasteiger partial charge in [0.05, 0.1) is 6.07 Å². The Kier molecular flexibility index (Phi) is 5.29. The normalized spacial score (nSPS) is 17.2. The third-order valence-corrected chi connectivity index (χ3v) is 2.33. The molecule has 0 bridgehead atoms. The summed E-state index contributed by atoms with van der Waals surface area (Å²) < 4.78 is 5.25. The lowest BCUT2D eigenvalue weighted by atomic mass is 9.99. The molecule has 1 heterocycles. The first-order valence-electron chi connectivity index (χ1n) is 5.30. The molecule has 4 nitrogen and oxygen atoms in total. The molecule has 92 valence electrons. The van der Waals surface area contributed by atoms with Crippen LogP contribution in [-0.2, 0) is 4.74 Å². The predicted octanol–water partition coefficient (Wildman–Crippen LogP) is 2.79. The van der Waals surface area contributed by atoms with Crippen LogP contribution in [0.25, 0.3) is 0 Å². The minimum atomic E-state index is -0.441. The first-order valence-corrected chi connectivity index (χ1v) is 5.30. The molecule has 0 aromatic rings. The molecule has 1 saturated heterocycles. The van der Waals surface area contributed by atoms with E-state index in [2.05, 4.69) is 6.07 Å². The first-order chi connectivity index (χ1) is 6.92. The number of ether oxygens (including phenoxy) is 1. The smallest absolute Gasteiger partial charge is 0.410 e. The van der Waals surface area contributed by atoms with Gasteiger partial charge in [0, 0.05) is 19.0 Å². The van der Waals surface area contributed by atoms with E-state index < -0.39 is 5.60 Å². The van der Waals surface area contributed by atoms with Gasteiger partial charge in [-0.05, 0) is 33.6 Å². The van der Waals surface area contributed by atoms with E-state index in [9.17, 15) is 4.79 Å². The predicted molar refractivity (Wildman–Crippen MR) is 62.9 cm³/mol. The van der Waals surface area contributed by atoms with E-state index in [-0.39, 0.29) is 19.4 Å². The second kappa shape index (κ2) is 5.74. The number of hydrogen-bond donors (Lipinski definition) is 0. The van der Waals surface area contributed by atoms with Crippen LogP contribution in [0, 0.1) is 17.2 Å². The molecule has 16 heavy (non-hydrogen) atoms. The van der Waals surface area contributed by atoms with E-state index in [0.717, 1.165) is 12.8 Å². The Morgan fingerprint density at radius 2 is 1.88 bits per heavy atom. The van der Waals surface area contributed by atoms with Gasteiger partial charge >= 0.3 is 6.09 Å². The van der Waals surface area contributed by atoms with Gasteiger partial charge in [0.25, 0.3) is 0 Å². The zero-order valence-electron chi connectivity index (χ0n) is 9.62. The highest BCUT2D eigenvalue weighted by Gasteiger charge is 2.26. The molecule has 0 N–H and O–H groups in total. The topological polar surface area (TPSA) is 53.3 Å². The number of rotatable bonds is 0. The van der Waals surface area contributed by atoms with E-state index in [1.54, 1.807) is 4.90 Å². The van der Waals surface area contributed by atoms with Crippen molar-refractivity contribution >= 4 is 6.09 Å². The van der Waals surface area contributed by atoms with Crippen molar-refractivity contribution in [2.75, 3.05) is 13.1 Å². The molecule has 4 heteroatoms. The van der Waals surface area contributed by atoms with Crippen LogP contribution >= 0.6 is 0 Å². The molecule has 1 amide bonds. The van der Waals surface area contributed by atoms with Gasteiger partial charge in [-0.15, -0.1) is 0 Å². The Balaban J connectivity index is 0.00000225. The lowest BCUT2D eigenvalue weighted by Crippen LogP contribution is -2.41. The number of amides is 1. The van der Waals surface area contributed by atoms with Crippen molar-refractivity contribution in [3.05, 3.63) is 0 Å². The summed E-state index contributed by atoms with van der Waals surface area (Å²) >= 11 is 0. The van der Waals surface area contributed by atoms with Gasteiger partial charge in [-0.2, -0.15) is 5.26 Å². The van der Waals surface area contributed by atoms with Gasteiger partial charge in [-0.25, -0.2) is 4.79 Å². The Labute approximate surface area is 98.2 Å². The Hall–Kier alpha value is -1.24. The number of hydrogen-bond acceptors (Lipinski definition) is 3. The van der Waals surface area contributed by atoms with Crippen molar-refractivity contribution in [2.45, 2.75) is 46.6 Å². The van der Waals surface area contributed by atoms with Crippen molar-refractivity contribution in [1.82, 2.24) is 4.90 Å². The van der Waals surface area contributed by atoms with Gasteiger partial charge in [-0.3, -0.25) is 0 Å². The highest BCUT2D eigenvalue weighted by Crippen LogP contribution is 2.18. The highest BCUT2D eigenvalue weighted by atomic mass is 16.6. The van der Waals surface area contributed by atoms with Crippen LogP contribution in [0.4, 0.5) is 4.79 Å². The van der Waals surface area contributed by atoms with Crippen LogP contribution in [0.15, 0.2) is 0 Å². The third-order valence-electron chi connectivity index (χ3n) is 2.33. The zero-order chi connectivity index (χ0) is 11.5. The van der Waals surface area contributed by atoms with Crippen LogP contribution in [-0.4, -0.2) is 29.7 Å². The summed E-state index contributed by atoms with van der Waals surface area (Å²) in [5.74, 6) is 0.101. The van der Waals surface area contributed by atoms with Gasteiger partial charge in [0.2, 0.25) is 0 Å². The quantitative estimate of drug-likeness (QED) is 0.638. The highest BCUT2D eigenvalue weighted by molar-refractivity contribution is 5.68. The molecule has 0 aromatic heterocycles. The summed E-state index contributed by atoms with van der Waals surface area (Å²) in [6, 6.07) is 2.23. The number of nitriles is 1. The molecule has 0 aliphatic carbocycles. The molecule has 0 atom stereocenters. The van der Waals surface area contributed by atoms with E-state index in [1.165, 1.54) is 0 Å². The maximum Gasteiger partial charge on any atom is 0.410 e. The standard InChI is InChI=1S/C11H18N2O2.CH4/c1-11(2,3)15-10(14)13-6-4-9(8-12)5-7-13;/h9H,4-7H2,1-3H3;1H4. The fraction of sp³-hybridized carbons (Fsp3) is 0.833. The maximum absolute atomic E-state index is 11.6. The van der Waals surface area contributed by atoms with Crippen molar-refractivity contribution in [3.63, 3.8) is 0 Å². The number of likely N-dealkylation sites (tertiary alicyclic amines) is 1. The zero-order valence-corrected chi connectivity index (χ0v) is 9.62. The summed E-state index contributed by atoms with van der Waals surface area (Å²) in [5.41, 5.74) is -0.441. The second-order valence-corrected chi connectivity index (χ2v) is 4.87. The molecule has 1 fully saturated rings. The first kappa shape index (κ1) is 14.8. The van der Waals surface area contributed by atoms with Gasteiger partial charge in [-0.1, -0.05) is 7.43 Å². The third kappa shape index (κ3) is 4.52. The maximum atomic E-state index is 11.6. The summed E-state index contributed by atoms with van der Waals surface area (Å²) in [6.45, 7) is 6.83. The second-order valence-electron chi connectivity index (χ2n) is 4.87. The summed E-state index contributed by atoms with van der Waals surface area (Å²) in [7, 11) is 0. The lowest BCUT2D eigenvalue weighted by molar-refractivity contribution is 0.0199. The summed E-state index contributed by atoms with van der Waals surface area (Å²) in [4.78, 5) is 13.3. The summed E-state index contributed by atoms with van der Waals surface area (Å²) in [6.07, 6.45) is 1.25. The van der Waals surface area contributed by atoms with Crippen molar-refractivity contribution in [1.29, 1.82) is 5.26 Å². The lowest BCUT2D eigenvalue weighted by Gasteiger charge is -2.31.